The molecule has 9 aromatic rings. The van der Waals surface area contributed by atoms with Gasteiger partial charge >= 0.3 is 0 Å². The Labute approximate surface area is 618 Å². The lowest BCUT2D eigenvalue weighted by Crippen LogP contribution is -2.49. The van der Waals surface area contributed by atoms with Gasteiger partial charge in [-0.3, -0.25) is 28.8 Å². The molecule has 3 aliphatic carbocycles. The molecule has 3 aliphatic heterocycles. The van der Waals surface area contributed by atoms with Crippen molar-refractivity contribution in [3.63, 3.8) is 0 Å². The summed E-state index contributed by atoms with van der Waals surface area (Å²) < 4.78 is 19.4. The van der Waals surface area contributed by atoms with E-state index in [0.717, 1.165) is 147 Å². The van der Waals surface area contributed by atoms with Crippen molar-refractivity contribution in [2.75, 3.05) is 45.0 Å². The van der Waals surface area contributed by atoms with Crippen LogP contribution in [0.25, 0.3) is 33.8 Å². The maximum atomic E-state index is 12.3. The summed E-state index contributed by atoms with van der Waals surface area (Å²) in [5.74, 6) is 14.3. The fraction of sp³-hybridized carbons (Fsp3) is 0.313. The van der Waals surface area contributed by atoms with E-state index < -0.39 is 17.7 Å². The molecule has 0 unspecified atom stereocenters. The molecule has 6 heterocycles. The lowest BCUT2D eigenvalue weighted by Gasteiger charge is -2.52. The number of nitrogens with zero attached hydrogens (tertiary/aromatic N) is 7. The fourth-order valence-electron chi connectivity index (χ4n) is 15.6. The summed E-state index contributed by atoms with van der Waals surface area (Å²) in [6.45, 7) is 11.5. The van der Waals surface area contributed by atoms with Gasteiger partial charge < -0.3 is 51.8 Å². The summed E-state index contributed by atoms with van der Waals surface area (Å²) in [6, 6.07) is 51.3. The largest absolute Gasteiger partial charge is 0.457 e. The van der Waals surface area contributed by atoms with Crippen molar-refractivity contribution in [3.8, 4) is 92.0 Å². The first-order chi connectivity index (χ1) is 50.8. The minimum Gasteiger partial charge on any atom is -0.457 e. The van der Waals surface area contributed by atoms with Crippen molar-refractivity contribution in [2.24, 2.45) is 33.4 Å². The van der Waals surface area contributed by atoms with Gasteiger partial charge in [0.15, 0.2) is 0 Å². The maximum Gasteiger partial charge on any atom is 0.298 e. The topological polar surface area (TPSA) is 288 Å². The number of para-hydroxylation sites is 3. The molecular formula is C83H83N11O9S2. The molecule has 20 nitrogen and oxygen atoms in total. The van der Waals surface area contributed by atoms with Crippen molar-refractivity contribution >= 4 is 63.9 Å². The van der Waals surface area contributed by atoms with Gasteiger partial charge in [0.05, 0.1) is 27.4 Å². The van der Waals surface area contributed by atoms with Crippen LogP contribution < -0.4 is 37.1 Å². The minimum absolute atomic E-state index is 0.0153. The lowest BCUT2D eigenvalue weighted by atomic mass is 9.57. The van der Waals surface area contributed by atoms with Crippen LogP contribution in [-0.2, 0) is 14.4 Å². The van der Waals surface area contributed by atoms with Gasteiger partial charge in [0.1, 0.15) is 61.3 Å². The predicted octanol–water partition coefficient (Wildman–Crippen LogP) is 14.6. The molecule has 0 atom stereocenters. The Morgan fingerprint density at radius 2 is 0.781 bits per heavy atom. The molecule has 22 heteroatoms. The quantitative estimate of drug-likeness (QED) is 0.0518. The maximum absolute atomic E-state index is 12.3. The van der Waals surface area contributed by atoms with Crippen molar-refractivity contribution in [2.45, 2.75) is 109 Å². The third-order valence-corrected chi connectivity index (χ3v) is 23.8. The summed E-state index contributed by atoms with van der Waals surface area (Å²) in [7, 11) is 0. The molecule has 536 valence electrons. The third-order valence-electron chi connectivity index (χ3n) is 21.3. The van der Waals surface area contributed by atoms with Gasteiger partial charge in [-0.1, -0.05) is 73.0 Å². The van der Waals surface area contributed by atoms with Gasteiger partial charge in [0.2, 0.25) is 5.91 Å². The van der Waals surface area contributed by atoms with E-state index in [1.165, 1.54) is 28.7 Å². The van der Waals surface area contributed by atoms with Gasteiger partial charge in [-0.25, -0.2) is 14.6 Å². The molecule has 6 aromatic carbocycles. The van der Waals surface area contributed by atoms with Crippen LogP contribution in [0.3, 0.4) is 0 Å². The van der Waals surface area contributed by atoms with Crippen LogP contribution in [0.1, 0.15) is 148 Å². The number of hydrogen-bond donors (Lipinski definition) is 4. The number of ether oxygens (including phenoxy) is 3. The van der Waals surface area contributed by atoms with Gasteiger partial charge in [0, 0.05) is 67.8 Å². The molecule has 3 spiro atoms. The van der Waals surface area contributed by atoms with Crippen molar-refractivity contribution < 1.29 is 43.0 Å². The van der Waals surface area contributed by atoms with Gasteiger partial charge in [0.25, 0.3) is 29.5 Å². The normalized spacial score (nSPS) is 16.9. The van der Waals surface area contributed by atoms with Gasteiger partial charge in [-0.2, -0.15) is 5.10 Å². The number of nitrogen functional groups attached to an aromatic ring is 1. The first kappa shape index (κ1) is 72.0. The van der Waals surface area contributed by atoms with E-state index in [-0.39, 0.29) is 45.6 Å². The van der Waals surface area contributed by atoms with E-state index in [4.69, 9.17) is 52.2 Å². The molecule has 3 saturated heterocycles. The van der Waals surface area contributed by atoms with Crippen molar-refractivity contribution in [3.05, 3.63) is 202 Å². The number of nitrogens with two attached hydrogens (primary N) is 4. The standard InChI is InChI=1S/C28H29N5O3.C28H27N3O3S.C27H27N3O3S/c1-2-6-23(34)32-15-13-28(14-16-32)17-20(18-28)33-26(29)24(27(30)35)25(31-33)19-9-11-22(12-10-19)36-21-7-4-3-5-8-21;1-2-6-23(32)31-15-13-28(14-16-31)17-20(18-28)27-30-24(25(35-27)26(29)33)19-9-11-22(12-10-19)34-21-7-4-3-5-8-21;1-2-22(31)30-14-12-27(13-15-30)16-19(17-27)26-29-23(24(34-26)25(28)32)18-8-10-21(11-9-18)33-20-6-4-3-5-7-20/h3-5,7-12,20H,13-18,29H2,1H3,(H2,30,35);3-5,7-12,20H,13-18H2,1H3,(H2,29,33);2-11,19H,1,12-17H2,(H2,28,32). The monoisotopic (exact) mass is 1440 g/mol. The van der Waals surface area contributed by atoms with Gasteiger partial charge in [-0.15, -0.1) is 22.7 Å². The number of carbonyl (C=O) groups excluding carboxylic acids is 6. The first-order valence-corrected chi connectivity index (χ1v) is 37.1. The Bertz CT molecular complexity index is 4800. The molecule has 0 bridgehead atoms. The van der Waals surface area contributed by atoms with Crippen molar-refractivity contribution in [1.82, 2.24) is 34.4 Å². The molecule has 105 heavy (non-hydrogen) atoms. The second kappa shape index (κ2) is 31.3. The zero-order valence-corrected chi connectivity index (χ0v) is 60.4. The zero-order valence-electron chi connectivity index (χ0n) is 58.8. The number of thiazole rings is 2. The van der Waals surface area contributed by atoms with Gasteiger partial charge in [-0.05, 0) is 234 Å². The van der Waals surface area contributed by atoms with E-state index in [2.05, 4.69) is 30.3 Å². The number of carbonyl (C=O) groups is 6. The van der Waals surface area contributed by atoms with Crippen LogP contribution in [0.2, 0.25) is 0 Å². The van der Waals surface area contributed by atoms with E-state index in [0.29, 0.717) is 74.8 Å². The smallest absolute Gasteiger partial charge is 0.298 e. The van der Waals surface area contributed by atoms with Crippen LogP contribution >= 0.6 is 22.7 Å². The highest BCUT2D eigenvalue weighted by Crippen LogP contribution is 2.60. The summed E-state index contributed by atoms with van der Waals surface area (Å²) in [4.78, 5) is 89.0. The number of hydrogen-bond acceptors (Lipinski definition) is 15. The molecule has 6 amide bonds. The Kier molecular flexibility index (Phi) is 21.5. The average molecular weight is 1440 g/mol. The number of primary amides is 3. The minimum atomic E-state index is -0.601. The Morgan fingerprint density at radius 1 is 0.457 bits per heavy atom. The van der Waals surface area contributed by atoms with Crippen LogP contribution in [0.5, 0.6) is 34.5 Å². The van der Waals surface area contributed by atoms with E-state index >= 15 is 0 Å². The SMILES string of the molecule is C=CC(=O)N1CCC2(CC1)CC(c1nc(-c3ccc(Oc4ccccc4)cc3)c(C(N)=O)s1)C2.CC#CC(=O)N1CCC2(CC1)CC(c1nc(-c3ccc(Oc4ccccc4)cc3)c(C(N)=O)s1)C2.CC#CC(=O)N1CCC2(CC1)CC(n1nc(-c3ccc(Oc4ccccc4)cc3)c(C(N)=O)c1N)C2. The highest BCUT2D eigenvalue weighted by atomic mass is 32.1. The molecule has 6 aliphatic rings. The predicted molar refractivity (Wildman–Crippen MR) is 406 cm³/mol. The highest BCUT2D eigenvalue weighted by molar-refractivity contribution is 7.14. The molecule has 6 fully saturated rings. The zero-order chi connectivity index (χ0) is 73.4. The number of rotatable bonds is 16. The van der Waals surface area contributed by atoms with Crippen LogP contribution in [0.15, 0.2) is 176 Å². The Morgan fingerprint density at radius 3 is 1.10 bits per heavy atom. The third kappa shape index (κ3) is 16.2. The van der Waals surface area contributed by atoms with Crippen LogP contribution in [-0.4, -0.2) is 109 Å². The summed E-state index contributed by atoms with van der Waals surface area (Å²) in [6.07, 6.45) is 13.2. The average Bonchev–Trinajstić information content (AvgIpc) is 1.71. The first-order valence-electron chi connectivity index (χ1n) is 35.5. The Hall–Kier alpha value is -11.3. The van der Waals surface area contributed by atoms with Crippen LogP contribution in [0, 0.1) is 39.9 Å². The molecule has 8 N–H and O–H groups in total. The molecule has 0 radical (unpaired) electrons. The number of piperidine rings is 3. The number of amides is 6. The molecule has 15 rings (SSSR count). The fourth-order valence-corrected chi connectivity index (χ4v) is 17.6. The van der Waals surface area contributed by atoms with Crippen LogP contribution in [0.4, 0.5) is 5.82 Å². The number of aromatic nitrogens is 4. The Balaban J connectivity index is 0.000000140. The number of likely N-dealkylation sites (tertiary alicyclic amines) is 3. The molecule has 3 aromatic heterocycles. The second-order valence-corrected chi connectivity index (χ2v) is 30.1. The van der Waals surface area contributed by atoms with E-state index in [1.54, 1.807) is 18.5 Å². The summed E-state index contributed by atoms with van der Waals surface area (Å²) in [5, 5.41) is 6.70. The van der Waals surface area contributed by atoms with E-state index in [1.807, 2.05) is 178 Å². The summed E-state index contributed by atoms with van der Waals surface area (Å²) >= 11 is 2.83. The lowest BCUT2D eigenvalue weighted by molar-refractivity contribution is -0.130. The molecular weight excluding hydrogens is 1360 g/mol. The number of anilines is 1. The highest BCUT2D eigenvalue weighted by Gasteiger charge is 2.51. The number of benzene rings is 6. The van der Waals surface area contributed by atoms with E-state index in [9.17, 15) is 28.8 Å². The van der Waals surface area contributed by atoms with Crippen molar-refractivity contribution in [1.29, 1.82) is 0 Å². The second-order valence-electron chi connectivity index (χ2n) is 28.1. The molecule has 3 saturated carbocycles. The summed E-state index contributed by atoms with van der Waals surface area (Å²) in [5.41, 5.74) is 28.7.